The molecule has 4 nitrogen and oxygen atoms in total. The third-order valence-electron chi connectivity index (χ3n) is 4.01. The topological polar surface area (TPSA) is 49.4 Å². The van der Waals surface area contributed by atoms with Gasteiger partial charge in [-0.2, -0.15) is 0 Å². The molecule has 1 N–H and O–H groups in total. The van der Waals surface area contributed by atoms with E-state index in [4.69, 9.17) is 0 Å². The molecule has 2 amide bonds. The second-order valence-corrected chi connectivity index (χ2v) is 5.41. The number of anilines is 1. The number of carbonyl (C=O) groups excluding carboxylic acids is 2. The number of benzene rings is 1. The number of piperazine rings is 1. The average molecular weight is 276 g/mol. The molecule has 2 aliphatic rings. The maximum atomic E-state index is 14.0. The fourth-order valence-electron chi connectivity index (χ4n) is 2.78. The highest BCUT2D eigenvalue weighted by Crippen LogP contribution is 2.36. The summed E-state index contributed by atoms with van der Waals surface area (Å²) in [6.45, 7) is 1.82. The van der Waals surface area contributed by atoms with Gasteiger partial charge in [-0.15, -0.1) is 0 Å². The molecule has 0 aromatic heterocycles. The zero-order valence-corrected chi connectivity index (χ0v) is 11.3. The Balaban J connectivity index is 2.01. The smallest absolute Gasteiger partial charge is 0.250 e. The molecular formula is C15H17FN2O2. The van der Waals surface area contributed by atoms with E-state index in [2.05, 4.69) is 5.32 Å². The van der Waals surface area contributed by atoms with Crippen molar-refractivity contribution in [2.45, 2.75) is 38.3 Å². The van der Waals surface area contributed by atoms with Crippen molar-refractivity contribution in [3.05, 3.63) is 30.1 Å². The first kappa shape index (κ1) is 13.1. The summed E-state index contributed by atoms with van der Waals surface area (Å²) in [6.07, 6.45) is 2.35. The number of nitrogens with one attached hydrogen (secondary N) is 1. The van der Waals surface area contributed by atoms with Gasteiger partial charge in [0.25, 0.3) is 5.91 Å². The summed E-state index contributed by atoms with van der Waals surface area (Å²) in [5.74, 6) is -0.640. The van der Waals surface area contributed by atoms with E-state index in [0.29, 0.717) is 6.42 Å². The normalized spacial score (nSPS) is 26.6. The Morgan fingerprint density at radius 1 is 1.30 bits per heavy atom. The zero-order chi connectivity index (χ0) is 14.3. The van der Waals surface area contributed by atoms with Crippen molar-refractivity contribution in [2.24, 2.45) is 5.92 Å². The number of nitrogens with zero attached hydrogens (tertiary/aromatic N) is 1. The van der Waals surface area contributed by atoms with Crippen LogP contribution < -0.4 is 10.2 Å². The monoisotopic (exact) mass is 276 g/mol. The molecular weight excluding hydrogens is 259 g/mol. The molecule has 1 aromatic carbocycles. The van der Waals surface area contributed by atoms with E-state index in [1.54, 1.807) is 18.2 Å². The van der Waals surface area contributed by atoms with Gasteiger partial charge in [-0.05, 0) is 37.3 Å². The van der Waals surface area contributed by atoms with Crippen LogP contribution in [-0.2, 0) is 9.59 Å². The lowest BCUT2D eigenvalue weighted by molar-refractivity contribution is -0.134. The Morgan fingerprint density at radius 3 is 2.60 bits per heavy atom. The van der Waals surface area contributed by atoms with Crippen LogP contribution >= 0.6 is 0 Å². The van der Waals surface area contributed by atoms with Gasteiger partial charge in [0.05, 0.1) is 5.69 Å². The second-order valence-electron chi connectivity index (χ2n) is 5.41. The Morgan fingerprint density at radius 2 is 2.00 bits per heavy atom. The lowest BCUT2D eigenvalue weighted by atomic mass is 10.0. The number of hydrogen-bond acceptors (Lipinski definition) is 2. The van der Waals surface area contributed by atoms with Crippen molar-refractivity contribution in [3.8, 4) is 0 Å². The van der Waals surface area contributed by atoms with Crippen LogP contribution in [0.4, 0.5) is 10.1 Å². The first-order valence-corrected chi connectivity index (χ1v) is 7.01. The van der Waals surface area contributed by atoms with E-state index in [1.807, 2.05) is 6.92 Å². The minimum absolute atomic E-state index is 0.188. The highest BCUT2D eigenvalue weighted by molar-refractivity contribution is 6.08. The number of halogens is 1. The Hall–Kier alpha value is -1.91. The van der Waals surface area contributed by atoms with Crippen LogP contribution in [0.2, 0.25) is 0 Å². The van der Waals surface area contributed by atoms with Crippen molar-refractivity contribution < 1.29 is 14.0 Å². The molecule has 0 bridgehead atoms. The van der Waals surface area contributed by atoms with Crippen molar-refractivity contribution in [3.63, 3.8) is 0 Å². The fraction of sp³-hybridized carbons (Fsp3) is 0.467. The number of amides is 2. The van der Waals surface area contributed by atoms with E-state index in [-0.39, 0.29) is 23.4 Å². The highest BCUT2D eigenvalue weighted by Gasteiger charge is 2.47. The average Bonchev–Trinajstić information content (AvgIpc) is 3.26. The summed E-state index contributed by atoms with van der Waals surface area (Å²) in [6, 6.07) is 5.00. The van der Waals surface area contributed by atoms with Gasteiger partial charge in [0.15, 0.2) is 0 Å². The first-order valence-electron chi connectivity index (χ1n) is 7.01. The number of para-hydroxylation sites is 1. The molecule has 2 unspecified atom stereocenters. The predicted octanol–water partition coefficient (Wildman–Crippen LogP) is 1.85. The van der Waals surface area contributed by atoms with Crippen LogP contribution in [0.25, 0.3) is 0 Å². The molecule has 0 radical (unpaired) electrons. The van der Waals surface area contributed by atoms with Crippen molar-refractivity contribution in [1.29, 1.82) is 0 Å². The standard InChI is InChI=1S/C15H17FN2O2/c1-2-11-14(19)17-13(9-7-8-9)15(20)18(11)12-6-4-3-5-10(12)16/h3-6,9,11,13H,2,7-8H2,1H3,(H,17,19). The van der Waals surface area contributed by atoms with Crippen LogP contribution in [0.15, 0.2) is 24.3 Å². The van der Waals surface area contributed by atoms with Gasteiger partial charge < -0.3 is 5.32 Å². The molecule has 1 heterocycles. The Kier molecular flexibility index (Phi) is 3.20. The van der Waals surface area contributed by atoms with Gasteiger partial charge in [-0.25, -0.2) is 4.39 Å². The predicted molar refractivity (Wildman–Crippen MR) is 72.6 cm³/mol. The van der Waals surface area contributed by atoms with Crippen LogP contribution in [-0.4, -0.2) is 23.9 Å². The molecule has 3 rings (SSSR count). The van der Waals surface area contributed by atoms with Crippen molar-refractivity contribution in [1.82, 2.24) is 5.32 Å². The van der Waals surface area contributed by atoms with Crippen molar-refractivity contribution in [2.75, 3.05) is 4.90 Å². The summed E-state index contributed by atoms with van der Waals surface area (Å²) < 4.78 is 14.0. The molecule has 2 atom stereocenters. The van der Waals surface area contributed by atoms with E-state index in [9.17, 15) is 14.0 Å². The molecule has 2 fully saturated rings. The number of rotatable bonds is 3. The number of carbonyl (C=O) groups is 2. The lowest BCUT2D eigenvalue weighted by Gasteiger charge is -2.38. The fourth-order valence-corrected chi connectivity index (χ4v) is 2.78. The zero-order valence-electron chi connectivity index (χ0n) is 11.3. The maximum absolute atomic E-state index is 14.0. The third kappa shape index (κ3) is 2.07. The van der Waals surface area contributed by atoms with E-state index in [1.165, 1.54) is 11.0 Å². The largest absolute Gasteiger partial charge is 0.342 e. The molecule has 0 spiro atoms. The maximum Gasteiger partial charge on any atom is 0.250 e. The first-order chi connectivity index (χ1) is 9.63. The number of hydrogen-bond donors (Lipinski definition) is 1. The Labute approximate surface area is 117 Å². The minimum Gasteiger partial charge on any atom is -0.342 e. The summed E-state index contributed by atoms with van der Waals surface area (Å²) in [4.78, 5) is 26.1. The summed E-state index contributed by atoms with van der Waals surface area (Å²) in [7, 11) is 0. The molecule has 106 valence electrons. The van der Waals surface area contributed by atoms with Gasteiger partial charge in [-0.1, -0.05) is 19.1 Å². The summed E-state index contributed by atoms with van der Waals surface area (Å²) >= 11 is 0. The quantitative estimate of drug-likeness (QED) is 0.916. The minimum atomic E-state index is -0.630. The van der Waals surface area contributed by atoms with Gasteiger partial charge in [0.2, 0.25) is 5.91 Å². The van der Waals surface area contributed by atoms with E-state index < -0.39 is 17.9 Å². The molecule has 1 saturated carbocycles. The van der Waals surface area contributed by atoms with E-state index in [0.717, 1.165) is 12.8 Å². The Bertz CT molecular complexity index is 557. The molecule has 5 heteroatoms. The SMILES string of the molecule is CCC1C(=O)NC(C2CC2)C(=O)N1c1ccccc1F. The van der Waals surface area contributed by atoms with Gasteiger partial charge in [-0.3, -0.25) is 14.5 Å². The van der Waals surface area contributed by atoms with Crippen molar-refractivity contribution >= 4 is 17.5 Å². The van der Waals surface area contributed by atoms with Gasteiger partial charge in [0.1, 0.15) is 17.9 Å². The molecule has 1 aliphatic heterocycles. The molecule has 1 aliphatic carbocycles. The van der Waals surface area contributed by atoms with Crippen LogP contribution in [0.3, 0.4) is 0 Å². The third-order valence-corrected chi connectivity index (χ3v) is 4.01. The highest BCUT2D eigenvalue weighted by atomic mass is 19.1. The van der Waals surface area contributed by atoms with Crippen LogP contribution in [0.5, 0.6) is 0 Å². The summed E-state index contributed by atoms with van der Waals surface area (Å²) in [5.41, 5.74) is 0.199. The van der Waals surface area contributed by atoms with Gasteiger partial charge in [0, 0.05) is 0 Å². The summed E-state index contributed by atoms with van der Waals surface area (Å²) in [5, 5.41) is 2.80. The van der Waals surface area contributed by atoms with Crippen LogP contribution in [0.1, 0.15) is 26.2 Å². The molecule has 1 aromatic rings. The molecule has 20 heavy (non-hydrogen) atoms. The van der Waals surface area contributed by atoms with E-state index >= 15 is 0 Å². The van der Waals surface area contributed by atoms with Crippen LogP contribution in [0, 0.1) is 11.7 Å². The molecule has 1 saturated heterocycles. The van der Waals surface area contributed by atoms with Gasteiger partial charge >= 0.3 is 0 Å². The lowest BCUT2D eigenvalue weighted by Crippen LogP contribution is -2.64. The second kappa shape index (κ2) is 4.89.